The average molecular weight is 344 g/mol. The Balaban J connectivity index is 1.53. The number of carbonyl (C=O) groups is 2. The summed E-state index contributed by atoms with van der Waals surface area (Å²) in [6.45, 7) is 0.198. The van der Waals surface area contributed by atoms with E-state index >= 15 is 0 Å². The first-order valence-electron chi connectivity index (χ1n) is 9.07. The van der Waals surface area contributed by atoms with Crippen molar-refractivity contribution in [2.75, 3.05) is 17.2 Å². The highest BCUT2D eigenvalue weighted by molar-refractivity contribution is 8.00. The Morgan fingerprint density at radius 1 is 1.08 bits per heavy atom. The summed E-state index contributed by atoms with van der Waals surface area (Å²) in [5, 5.41) is 0. The monoisotopic (exact) mass is 344 g/mol. The molecule has 0 saturated heterocycles. The lowest BCUT2D eigenvalue weighted by atomic mass is 9.94. The summed E-state index contributed by atoms with van der Waals surface area (Å²) in [6.07, 6.45) is 8.25. The molecule has 4 nitrogen and oxygen atoms in total. The van der Waals surface area contributed by atoms with Crippen LogP contribution in [0.3, 0.4) is 0 Å². The van der Waals surface area contributed by atoms with E-state index in [9.17, 15) is 9.59 Å². The molecule has 128 valence electrons. The Bertz CT molecular complexity index is 638. The van der Waals surface area contributed by atoms with Crippen LogP contribution in [-0.2, 0) is 9.59 Å². The SMILES string of the molecule is O=C1CSc2ccccc2N1CC(=O)N(C1CCCCC1)C1CC1. The van der Waals surface area contributed by atoms with Gasteiger partial charge in [0.25, 0.3) is 0 Å². The van der Waals surface area contributed by atoms with E-state index in [4.69, 9.17) is 0 Å². The minimum absolute atomic E-state index is 0.0476. The molecule has 2 aliphatic carbocycles. The largest absolute Gasteiger partial charge is 0.335 e. The highest BCUT2D eigenvalue weighted by Crippen LogP contribution is 2.37. The fourth-order valence-corrected chi connectivity index (χ4v) is 4.90. The van der Waals surface area contributed by atoms with E-state index in [1.807, 2.05) is 24.3 Å². The standard InChI is InChI=1S/C19H24N2O2S/c22-18(21(15-10-11-15)14-6-2-1-3-7-14)12-20-16-8-4-5-9-17(16)24-13-19(20)23/h4-5,8-9,14-15H,1-3,6-7,10-13H2. The number of nitrogens with zero attached hydrogens (tertiary/aromatic N) is 2. The molecule has 1 aromatic carbocycles. The number of hydrogen-bond donors (Lipinski definition) is 0. The van der Waals surface area contributed by atoms with Gasteiger partial charge in [-0.1, -0.05) is 31.4 Å². The molecule has 0 spiro atoms. The Hall–Kier alpha value is -1.49. The maximum Gasteiger partial charge on any atom is 0.243 e. The Kier molecular flexibility index (Phi) is 4.53. The molecule has 0 atom stereocenters. The summed E-state index contributed by atoms with van der Waals surface area (Å²) in [5.74, 6) is 0.614. The molecule has 24 heavy (non-hydrogen) atoms. The molecule has 0 unspecified atom stereocenters. The van der Waals surface area contributed by atoms with Crippen LogP contribution in [0.4, 0.5) is 5.69 Å². The van der Waals surface area contributed by atoms with Crippen molar-refractivity contribution >= 4 is 29.3 Å². The van der Waals surface area contributed by atoms with Crippen LogP contribution in [0, 0.1) is 0 Å². The predicted octanol–water partition coefficient (Wildman–Crippen LogP) is 3.45. The van der Waals surface area contributed by atoms with Crippen molar-refractivity contribution in [3.05, 3.63) is 24.3 Å². The first-order chi connectivity index (χ1) is 11.7. The van der Waals surface area contributed by atoms with Gasteiger partial charge < -0.3 is 9.80 Å². The zero-order chi connectivity index (χ0) is 16.5. The smallest absolute Gasteiger partial charge is 0.243 e. The van der Waals surface area contributed by atoms with E-state index in [2.05, 4.69) is 4.90 Å². The number of para-hydroxylation sites is 1. The number of benzene rings is 1. The van der Waals surface area contributed by atoms with Crippen molar-refractivity contribution in [3.8, 4) is 0 Å². The van der Waals surface area contributed by atoms with Gasteiger partial charge in [-0.2, -0.15) is 0 Å². The van der Waals surface area contributed by atoms with Crippen LogP contribution < -0.4 is 4.90 Å². The first kappa shape index (κ1) is 16.0. The minimum atomic E-state index is 0.0476. The van der Waals surface area contributed by atoms with E-state index in [-0.39, 0.29) is 18.4 Å². The lowest BCUT2D eigenvalue weighted by Crippen LogP contribution is -2.49. The van der Waals surface area contributed by atoms with Gasteiger partial charge in [0, 0.05) is 17.0 Å². The molecule has 0 radical (unpaired) electrons. The van der Waals surface area contributed by atoms with E-state index in [0.29, 0.717) is 17.8 Å². The second-order valence-corrected chi connectivity index (χ2v) is 8.08. The van der Waals surface area contributed by atoms with Crippen molar-refractivity contribution in [2.24, 2.45) is 0 Å². The highest BCUT2D eigenvalue weighted by atomic mass is 32.2. The Labute approximate surface area is 147 Å². The predicted molar refractivity (Wildman–Crippen MR) is 96.3 cm³/mol. The molecule has 1 aromatic rings. The first-order valence-corrected chi connectivity index (χ1v) is 10.1. The molecule has 2 fully saturated rings. The normalized spacial score (nSPS) is 21.5. The zero-order valence-corrected chi connectivity index (χ0v) is 14.8. The van der Waals surface area contributed by atoms with Crippen LogP contribution in [0.15, 0.2) is 29.2 Å². The number of thioether (sulfide) groups is 1. The van der Waals surface area contributed by atoms with Gasteiger partial charge in [-0.05, 0) is 37.8 Å². The number of amides is 2. The molecular weight excluding hydrogens is 320 g/mol. The van der Waals surface area contributed by atoms with Gasteiger partial charge in [0.1, 0.15) is 6.54 Å². The van der Waals surface area contributed by atoms with Gasteiger partial charge in [-0.15, -0.1) is 11.8 Å². The van der Waals surface area contributed by atoms with Crippen molar-refractivity contribution in [3.63, 3.8) is 0 Å². The fraction of sp³-hybridized carbons (Fsp3) is 0.579. The van der Waals surface area contributed by atoms with Crippen molar-refractivity contribution in [1.82, 2.24) is 4.90 Å². The maximum absolute atomic E-state index is 13.1. The number of fused-ring (bicyclic) bond motifs is 1. The van der Waals surface area contributed by atoms with Crippen LogP contribution in [0.25, 0.3) is 0 Å². The third-order valence-corrected chi connectivity index (χ3v) is 6.35. The lowest BCUT2D eigenvalue weighted by molar-refractivity contribution is -0.134. The van der Waals surface area contributed by atoms with Crippen molar-refractivity contribution in [1.29, 1.82) is 0 Å². The van der Waals surface area contributed by atoms with Crippen LogP contribution in [-0.4, -0.2) is 41.1 Å². The van der Waals surface area contributed by atoms with Gasteiger partial charge in [-0.25, -0.2) is 0 Å². The maximum atomic E-state index is 13.1. The molecule has 2 saturated carbocycles. The lowest BCUT2D eigenvalue weighted by Gasteiger charge is -2.37. The zero-order valence-electron chi connectivity index (χ0n) is 13.9. The van der Waals surface area contributed by atoms with Crippen molar-refractivity contribution < 1.29 is 9.59 Å². The molecule has 1 aliphatic heterocycles. The van der Waals surface area contributed by atoms with Gasteiger partial charge in [0.15, 0.2) is 0 Å². The van der Waals surface area contributed by atoms with E-state index in [1.54, 1.807) is 16.7 Å². The fourth-order valence-electron chi connectivity index (χ4n) is 3.96. The van der Waals surface area contributed by atoms with Crippen LogP contribution in [0.5, 0.6) is 0 Å². The third-order valence-electron chi connectivity index (χ3n) is 5.30. The molecule has 2 amide bonds. The molecule has 0 bridgehead atoms. The number of hydrogen-bond acceptors (Lipinski definition) is 3. The van der Waals surface area contributed by atoms with Crippen LogP contribution in [0.2, 0.25) is 0 Å². The van der Waals surface area contributed by atoms with E-state index in [0.717, 1.165) is 36.3 Å². The summed E-state index contributed by atoms with van der Waals surface area (Å²) in [5.41, 5.74) is 0.895. The Morgan fingerprint density at radius 2 is 1.79 bits per heavy atom. The second-order valence-electron chi connectivity index (χ2n) is 7.06. The van der Waals surface area contributed by atoms with E-state index < -0.39 is 0 Å². The van der Waals surface area contributed by atoms with Crippen molar-refractivity contribution in [2.45, 2.75) is 61.9 Å². The van der Waals surface area contributed by atoms with Gasteiger partial charge in [-0.3, -0.25) is 9.59 Å². The van der Waals surface area contributed by atoms with Crippen LogP contribution >= 0.6 is 11.8 Å². The third kappa shape index (κ3) is 3.18. The summed E-state index contributed by atoms with van der Waals surface area (Å²) < 4.78 is 0. The van der Waals surface area contributed by atoms with E-state index in [1.165, 1.54) is 19.3 Å². The number of carbonyl (C=O) groups excluding carboxylic acids is 2. The quantitative estimate of drug-likeness (QED) is 0.840. The topological polar surface area (TPSA) is 40.6 Å². The van der Waals surface area contributed by atoms with Gasteiger partial charge in [0.2, 0.25) is 11.8 Å². The second kappa shape index (κ2) is 6.79. The molecule has 0 aromatic heterocycles. The molecule has 3 aliphatic rings. The Morgan fingerprint density at radius 3 is 2.54 bits per heavy atom. The molecular formula is C19H24N2O2S. The number of anilines is 1. The molecule has 4 rings (SSSR count). The number of rotatable bonds is 4. The van der Waals surface area contributed by atoms with Gasteiger partial charge >= 0.3 is 0 Å². The van der Waals surface area contributed by atoms with Gasteiger partial charge in [0.05, 0.1) is 11.4 Å². The summed E-state index contributed by atoms with van der Waals surface area (Å²) in [4.78, 5) is 30.4. The summed E-state index contributed by atoms with van der Waals surface area (Å²) in [7, 11) is 0. The molecule has 5 heteroatoms. The van der Waals surface area contributed by atoms with Crippen LogP contribution in [0.1, 0.15) is 44.9 Å². The highest BCUT2D eigenvalue weighted by Gasteiger charge is 2.39. The minimum Gasteiger partial charge on any atom is -0.335 e. The summed E-state index contributed by atoms with van der Waals surface area (Å²) >= 11 is 1.57. The molecule has 1 heterocycles. The average Bonchev–Trinajstić information content (AvgIpc) is 3.43. The molecule has 0 N–H and O–H groups in total. The summed E-state index contributed by atoms with van der Waals surface area (Å²) in [6, 6.07) is 8.72.